The zero-order chi connectivity index (χ0) is 20.5. The maximum Gasteiger partial charge on any atom is 0.237 e. The highest BCUT2D eigenvalue weighted by molar-refractivity contribution is 9.10. The van der Waals surface area contributed by atoms with E-state index in [1.165, 1.54) is 5.56 Å². The Kier molecular flexibility index (Phi) is 8.80. The van der Waals surface area contributed by atoms with Gasteiger partial charge in [-0.25, -0.2) is 0 Å². The van der Waals surface area contributed by atoms with Gasteiger partial charge in [0, 0.05) is 17.6 Å². The van der Waals surface area contributed by atoms with E-state index in [1.54, 1.807) is 14.2 Å². The first-order valence-corrected chi connectivity index (χ1v) is 10.2. The Morgan fingerprint density at radius 1 is 1.04 bits per heavy atom. The van der Waals surface area contributed by atoms with E-state index in [0.29, 0.717) is 18.0 Å². The molecule has 0 bridgehead atoms. The smallest absolute Gasteiger partial charge is 0.237 e. The molecule has 1 amide bonds. The third-order valence-corrected chi connectivity index (χ3v) is 5.40. The topological polar surface area (TPSA) is 50.8 Å². The minimum absolute atomic E-state index is 0.0405. The summed E-state index contributed by atoms with van der Waals surface area (Å²) in [4.78, 5) is 14.5. The third kappa shape index (κ3) is 6.53. The number of nitrogens with one attached hydrogen (secondary N) is 1. The highest BCUT2D eigenvalue weighted by Gasteiger charge is 2.17. The number of amides is 1. The zero-order valence-corrected chi connectivity index (χ0v) is 18.6. The highest BCUT2D eigenvalue weighted by Crippen LogP contribution is 2.27. The molecule has 0 aliphatic rings. The van der Waals surface area contributed by atoms with Crippen LogP contribution in [0.25, 0.3) is 0 Å². The minimum atomic E-state index is -0.180. The molecule has 2 rings (SSSR count). The monoisotopic (exact) mass is 448 g/mol. The maximum atomic E-state index is 12.5. The molecule has 28 heavy (non-hydrogen) atoms. The van der Waals surface area contributed by atoms with Gasteiger partial charge in [-0.2, -0.15) is 0 Å². The standard InChI is InChI=1S/C22H29BrN2O3/c1-16(25(2)14-12-17-5-8-19(23)9-6-17)22(26)24-13-11-18-7-10-20(27-3)21(15-18)28-4/h5-10,15-16H,11-14H2,1-4H3,(H,24,26). The maximum absolute atomic E-state index is 12.5. The third-order valence-electron chi connectivity index (χ3n) is 4.87. The summed E-state index contributed by atoms with van der Waals surface area (Å²) >= 11 is 3.45. The van der Waals surface area contributed by atoms with Crippen LogP contribution in [0.2, 0.25) is 0 Å². The van der Waals surface area contributed by atoms with E-state index < -0.39 is 0 Å². The van der Waals surface area contributed by atoms with Gasteiger partial charge in [-0.3, -0.25) is 9.69 Å². The summed E-state index contributed by atoms with van der Waals surface area (Å²) < 4.78 is 11.6. The van der Waals surface area contributed by atoms with Gasteiger partial charge in [-0.05, 0) is 62.2 Å². The van der Waals surface area contributed by atoms with Gasteiger partial charge < -0.3 is 14.8 Å². The largest absolute Gasteiger partial charge is 0.493 e. The van der Waals surface area contributed by atoms with Gasteiger partial charge in [-0.1, -0.05) is 34.1 Å². The molecule has 1 atom stereocenters. The second-order valence-corrected chi connectivity index (χ2v) is 7.68. The molecule has 2 aromatic rings. The Balaban J connectivity index is 1.77. The van der Waals surface area contributed by atoms with Gasteiger partial charge in [0.25, 0.3) is 0 Å². The Bertz CT molecular complexity index is 765. The van der Waals surface area contributed by atoms with E-state index in [-0.39, 0.29) is 11.9 Å². The van der Waals surface area contributed by atoms with Crippen molar-refractivity contribution in [2.45, 2.75) is 25.8 Å². The molecular weight excluding hydrogens is 420 g/mol. The predicted molar refractivity (Wildman–Crippen MR) is 116 cm³/mol. The van der Waals surface area contributed by atoms with Crippen LogP contribution < -0.4 is 14.8 Å². The van der Waals surface area contributed by atoms with E-state index >= 15 is 0 Å². The Morgan fingerprint density at radius 3 is 2.32 bits per heavy atom. The van der Waals surface area contributed by atoms with E-state index in [2.05, 4.69) is 38.3 Å². The van der Waals surface area contributed by atoms with Crippen LogP contribution in [0.1, 0.15) is 18.1 Å². The zero-order valence-electron chi connectivity index (χ0n) is 17.0. The lowest BCUT2D eigenvalue weighted by Gasteiger charge is -2.24. The van der Waals surface area contributed by atoms with Gasteiger partial charge in [0.1, 0.15) is 0 Å². The number of nitrogens with zero attached hydrogens (tertiary/aromatic N) is 1. The number of likely N-dealkylation sites (N-methyl/N-ethyl adjacent to an activating group) is 1. The van der Waals surface area contributed by atoms with Gasteiger partial charge in [0.2, 0.25) is 5.91 Å². The van der Waals surface area contributed by atoms with Crippen LogP contribution >= 0.6 is 15.9 Å². The number of carbonyl (C=O) groups excluding carboxylic acids is 1. The Labute approximate surface area is 176 Å². The Hall–Kier alpha value is -2.05. The summed E-state index contributed by atoms with van der Waals surface area (Å²) in [6.07, 6.45) is 1.65. The van der Waals surface area contributed by atoms with Crippen molar-refractivity contribution < 1.29 is 14.3 Å². The molecule has 152 valence electrons. The summed E-state index contributed by atoms with van der Waals surface area (Å²) in [5, 5.41) is 3.02. The number of methoxy groups -OCH3 is 2. The number of ether oxygens (including phenoxy) is 2. The molecule has 1 N–H and O–H groups in total. The normalized spacial score (nSPS) is 11.9. The van der Waals surface area contributed by atoms with Crippen LogP contribution in [0.4, 0.5) is 0 Å². The van der Waals surface area contributed by atoms with Crippen molar-refractivity contribution in [2.24, 2.45) is 0 Å². The lowest BCUT2D eigenvalue weighted by atomic mass is 10.1. The molecule has 5 nitrogen and oxygen atoms in total. The molecule has 1 unspecified atom stereocenters. The number of carbonyl (C=O) groups is 1. The lowest BCUT2D eigenvalue weighted by molar-refractivity contribution is -0.125. The summed E-state index contributed by atoms with van der Waals surface area (Å²) in [6.45, 7) is 3.35. The van der Waals surface area contributed by atoms with Crippen LogP contribution in [-0.4, -0.2) is 51.2 Å². The molecule has 0 aromatic heterocycles. The van der Waals surface area contributed by atoms with Gasteiger partial charge >= 0.3 is 0 Å². The Morgan fingerprint density at radius 2 is 1.68 bits per heavy atom. The fourth-order valence-corrected chi connectivity index (χ4v) is 3.13. The van der Waals surface area contributed by atoms with Crippen LogP contribution in [0.5, 0.6) is 11.5 Å². The molecule has 6 heteroatoms. The van der Waals surface area contributed by atoms with E-state index in [9.17, 15) is 4.79 Å². The molecular formula is C22H29BrN2O3. The average molecular weight is 449 g/mol. The lowest BCUT2D eigenvalue weighted by Crippen LogP contribution is -2.44. The van der Waals surface area contributed by atoms with Crippen LogP contribution in [0.3, 0.4) is 0 Å². The van der Waals surface area contributed by atoms with Gasteiger partial charge in [0.05, 0.1) is 20.3 Å². The molecule has 0 saturated heterocycles. The molecule has 0 aliphatic carbocycles. The fourth-order valence-electron chi connectivity index (χ4n) is 2.86. The SMILES string of the molecule is COc1ccc(CCNC(=O)C(C)N(C)CCc2ccc(Br)cc2)cc1OC. The van der Waals surface area contributed by atoms with Crippen molar-refractivity contribution in [3.05, 3.63) is 58.1 Å². The van der Waals surface area contributed by atoms with Crippen molar-refractivity contribution in [3.63, 3.8) is 0 Å². The number of benzene rings is 2. The van der Waals surface area contributed by atoms with Gasteiger partial charge in [0.15, 0.2) is 11.5 Å². The van der Waals surface area contributed by atoms with E-state index in [1.807, 2.05) is 44.3 Å². The first-order valence-electron chi connectivity index (χ1n) is 9.38. The van der Waals surface area contributed by atoms with Crippen LogP contribution in [-0.2, 0) is 17.6 Å². The molecule has 0 radical (unpaired) electrons. The van der Waals surface area contributed by atoms with E-state index in [4.69, 9.17) is 9.47 Å². The second kappa shape index (κ2) is 11.1. The number of hydrogen-bond acceptors (Lipinski definition) is 4. The summed E-state index contributed by atoms with van der Waals surface area (Å²) in [6, 6.07) is 13.9. The summed E-state index contributed by atoms with van der Waals surface area (Å²) in [5.41, 5.74) is 2.35. The highest BCUT2D eigenvalue weighted by atomic mass is 79.9. The molecule has 0 heterocycles. The predicted octanol–water partition coefficient (Wildman–Crippen LogP) is 3.69. The number of halogens is 1. The average Bonchev–Trinajstić information content (AvgIpc) is 2.72. The molecule has 0 spiro atoms. The summed E-state index contributed by atoms with van der Waals surface area (Å²) in [5.74, 6) is 1.45. The van der Waals surface area contributed by atoms with Crippen molar-refractivity contribution in [3.8, 4) is 11.5 Å². The first-order chi connectivity index (χ1) is 13.4. The van der Waals surface area contributed by atoms with Crippen molar-refractivity contribution in [2.75, 3.05) is 34.4 Å². The van der Waals surface area contributed by atoms with Crippen molar-refractivity contribution in [1.82, 2.24) is 10.2 Å². The van der Waals surface area contributed by atoms with Crippen LogP contribution in [0.15, 0.2) is 46.9 Å². The molecule has 0 aliphatic heterocycles. The number of rotatable bonds is 10. The first kappa shape index (κ1) is 22.2. The van der Waals surface area contributed by atoms with Crippen molar-refractivity contribution >= 4 is 21.8 Å². The van der Waals surface area contributed by atoms with Gasteiger partial charge in [-0.15, -0.1) is 0 Å². The van der Waals surface area contributed by atoms with Crippen LogP contribution in [0, 0.1) is 0 Å². The van der Waals surface area contributed by atoms with E-state index in [0.717, 1.165) is 29.4 Å². The number of hydrogen-bond donors (Lipinski definition) is 1. The molecule has 2 aromatic carbocycles. The fraction of sp³-hybridized carbons (Fsp3) is 0.409. The second-order valence-electron chi connectivity index (χ2n) is 6.76. The molecule has 0 saturated carbocycles. The van der Waals surface area contributed by atoms with Crippen molar-refractivity contribution in [1.29, 1.82) is 0 Å². The quantitative estimate of drug-likeness (QED) is 0.601. The molecule has 0 fully saturated rings. The minimum Gasteiger partial charge on any atom is -0.493 e. The summed E-state index contributed by atoms with van der Waals surface area (Å²) in [7, 11) is 5.22.